The molecule has 0 spiro atoms. The molecule has 0 aromatic heterocycles. The van der Waals surface area contributed by atoms with Crippen LogP contribution in [0.1, 0.15) is 32.8 Å². The van der Waals surface area contributed by atoms with Gasteiger partial charge in [0.15, 0.2) is 0 Å². The Labute approximate surface area is 107 Å². The highest BCUT2D eigenvalue weighted by atomic mass is 79.9. The Balaban J connectivity index is 2.78. The monoisotopic (exact) mass is 284 g/mol. The van der Waals surface area contributed by atoms with Crippen LogP contribution in [0.4, 0.5) is 5.69 Å². The summed E-state index contributed by atoms with van der Waals surface area (Å²) in [5.41, 5.74) is 8.09. The maximum absolute atomic E-state index is 6.01. The van der Waals surface area contributed by atoms with Crippen molar-refractivity contribution < 1.29 is 0 Å². The Morgan fingerprint density at radius 3 is 2.56 bits per heavy atom. The van der Waals surface area contributed by atoms with Crippen molar-refractivity contribution in [3.8, 4) is 0 Å². The topological polar surface area (TPSA) is 29.3 Å². The van der Waals surface area contributed by atoms with Gasteiger partial charge in [0.25, 0.3) is 0 Å². The number of halogens is 1. The summed E-state index contributed by atoms with van der Waals surface area (Å²) in [6.07, 6.45) is 1.17. The smallest absolute Gasteiger partial charge is 0.0371 e. The van der Waals surface area contributed by atoms with Crippen molar-refractivity contribution in [1.29, 1.82) is 0 Å². The summed E-state index contributed by atoms with van der Waals surface area (Å²) < 4.78 is 1.04. The number of hydrogen-bond acceptors (Lipinski definition) is 2. The zero-order valence-corrected chi connectivity index (χ0v) is 11.9. The summed E-state index contributed by atoms with van der Waals surface area (Å²) in [6.45, 7) is 8.67. The molecule has 0 fully saturated rings. The van der Waals surface area contributed by atoms with Gasteiger partial charge in [0, 0.05) is 22.7 Å². The van der Waals surface area contributed by atoms with Crippen LogP contribution in [0.5, 0.6) is 0 Å². The molecule has 1 unspecified atom stereocenters. The molecule has 0 aliphatic heterocycles. The molecule has 1 aromatic rings. The molecule has 0 aliphatic carbocycles. The minimum absolute atomic E-state index is 0.605. The van der Waals surface area contributed by atoms with Gasteiger partial charge in [-0.05, 0) is 37.6 Å². The van der Waals surface area contributed by atoms with Crippen molar-refractivity contribution >= 4 is 21.6 Å². The van der Waals surface area contributed by atoms with Gasteiger partial charge in [-0.2, -0.15) is 0 Å². The zero-order valence-electron chi connectivity index (χ0n) is 10.3. The lowest BCUT2D eigenvalue weighted by molar-refractivity contribution is 0.206. The van der Waals surface area contributed by atoms with Gasteiger partial charge in [0.1, 0.15) is 0 Å². The highest BCUT2D eigenvalue weighted by Gasteiger charge is 2.11. The Morgan fingerprint density at radius 1 is 1.38 bits per heavy atom. The number of benzene rings is 1. The minimum atomic E-state index is 0.605. The van der Waals surface area contributed by atoms with E-state index in [0.29, 0.717) is 6.04 Å². The minimum Gasteiger partial charge on any atom is -0.398 e. The van der Waals surface area contributed by atoms with E-state index in [1.54, 1.807) is 0 Å². The lowest BCUT2D eigenvalue weighted by Gasteiger charge is -2.27. The Bertz CT molecular complexity index is 339. The van der Waals surface area contributed by atoms with Gasteiger partial charge in [0.05, 0.1) is 0 Å². The first-order valence-electron chi connectivity index (χ1n) is 5.86. The second-order valence-corrected chi connectivity index (χ2v) is 5.08. The van der Waals surface area contributed by atoms with Crippen molar-refractivity contribution in [1.82, 2.24) is 4.90 Å². The lowest BCUT2D eigenvalue weighted by atomic mass is 10.1. The Morgan fingerprint density at radius 2 is 2.06 bits per heavy atom. The van der Waals surface area contributed by atoms with E-state index >= 15 is 0 Å². The number of rotatable bonds is 5. The van der Waals surface area contributed by atoms with Gasteiger partial charge in [-0.1, -0.05) is 35.8 Å². The molecule has 2 nitrogen and oxygen atoms in total. The first-order valence-corrected chi connectivity index (χ1v) is 6.65. The standard InChI is InChI=1S/C13H21BrN2/c1-4-10(3)16(5-2)9-11-6-7-12(14)8-13(11)15/h6-8,10H,4-5,9,15H2,1-3H3. The third-order valence-corrected chi connectivity index (χ3v) is 3.59. The Kier molecular flexibility index (Phi) is 5.29. The maximum atomic E-state index is 6.01. The predicted octanol–water partition coefficient (Wildman–Crippen LogP) is 3.65. The predicted molar refractivity (Wildman–Crippen MR) is 74.4 cm³/mol. The summed E-state index contributed by atoms with van der Waals surface area (Å²) >= 11 is 3.43. The van der Waals surface area contributed by atoms with Crippen molar-refractivity contribution in [2.45, 2.75) is 39.8 Å². The summed E-state index contributed by atoms with van der Waals surface area (Å²) in [7, 11) is 0. The first-order chi connectivity index (χ1) is 7.58. The summed E-state index contributed by atoms with van der Waals surface area (Å²) in [5.74, 6) is 0. The summed E-state index contributed by atoms with van der Waals surface area (Å²) in [5, 5.41) is 0. The Hall–Kier alpha value is -0.540. The van der Waals surface area contributed by atoms with Crippen LogP contribution in [0.2, 0.25) is 0 Å². The molecule has 2 N–H and O–H groups in total. The fraction of sp³-hybridized carbons (Fsp3) is 0.538. The molecule has 0 aliphatic rings. The fourth-order valence-corrected chi connectivity index (χ4v) is 2.14. The average Bonchev–Trinajstić information content (AvgIpc) is 2.27. The number of nitrogen functional groups attached to an aromatic ring is 1. The molecule has 1 atom stereocenters. The van der Waals surface area contributed by atoms with Crippen LogP contribution >= 0.6 is 15.9 Å². The van der Waals surface area contributed by atoms with Crippen LogP contribution in [0, 0.1) is 0 Å². The average molecular weight is 285 g/mol. The molecule has 0 radical (unpaired) electrons. The number of nitrogens with two attached hydrogens (primary N) is 1. The maximum Gasteiger partial charge on any atom is 0.0371 e. The lowest BCUT2D eigenvalue weighted by Crippen LogP contribution is -2.32. The van der Waals surface area contributed by atoms with Crippen LogP contribution < -0.4 is 5.73 Å². The van der Waals surface area contributed by atoms with E-state index in [2.05, 4.69) is 53.7 Å². The number of nitrogens with zero attached hydrogens (tertiary/aromatic N) is 1. The zero-order chi connectivity index (χ0) is 12.1. The molecule has 1 aromatic carbocycles. The molecule has 0 amide bonds. The van der Waals surface area contributed by atoms with Gasteiger partial charge in [0.2, 0.25) is 0 Å². The van der Waals surface area contributed by atoms with Crippen molar-refractivity contribution in [3.63, 3.8) is 0 Å². The highest BCUT2D eigenvalue weighted by Crippen LogP contribution is 2.21. The van der Waals surface area contributed by atoms with Crippen molar-refractivity contribution in [2.75, 3.05) is 12.3 Å². The molecule has 0 heterocycles. The third kappa shape index (κ3) is 3.49. The van der Waals surface area contributed by atoms with Gasteiger partial charge >= 0.3 is 0 Å². The molecule has 0 saturated carbocycles. The van der Waals surface area contributed by atoms with Gasteiger partial charge < -0.3 is 5.73 Å². The largest absolute Gasteiger partial charge is 0.398 e. The second kappa shape index (κ2) is 6.26. The first kappa shape index (κ1) is 13.5. The molecule has 0 bridgehead atoms. The molecule has 0 saturated heterocycles. The van der Waals surface area contributed by atoms with E-state index in [9.17, 15) is 0 Å². The molecule has 3 heteroatoms. The third-order valence-electron chi connectivity index (χ3n) is 3.10. The summed E-state index contributed by atoms with van der Waals surface area (Å²) in [4.78, 5) is 2.44. The number of hydrogen-bond donors (Lipinski definition) is 1. The van der Waals surface area contributed by atoms with Crippen LogP contribution in [-0.2, 0) is 6.54 Å². The summed E-state index contributed by atoms with van der Waals surface area (Å²) in [6, 6.07) is 6.73. The van der Waals surface area contributed by atoms with Crippen LogP contribution in [0.15, 0.2) is 22.7 Å². The quantitative estimate of drug-likeness (QED) is 0.837. The highest BCUT2D eigenvalue weighted by molar-refractivity contribution is 9.10. The van der Waals surface area contributed by atoms with E-state index < -0.39 is 0 Å². The van der Waals surface area contributed by atoms with E-state index in [0.717, 1.165) is 23.2 Å². The number of anilines is 1. The fourth-order valence-electron chi connectivity index (χ4n) is 1.77. The molecule has 1 rings (SSSR count). The normalized spacial score (nSPS) is 13.1. The van der Waals surface area contributed by atoms with Crippen LogP contribution in [0.3, 0.4) is 0 Å². The molecule has 90 valence electrons. The molecular formula is C13H21BrN2. The SMILES string of the molecule is CCC(C)N(CC)Cc1ccc(Br)cc1N. The van der Waals surface area contributed by atoms with Crippen molar-refractivity contribution in [2.24, 2.45) is 0 Å². The molecule has 16 heavy (non-hydrogen) atoms. The van der Waals surface area contributed by atoms with E-state index in [4.69, 9.17) is 5.73 Å². The van der Waals surface area contributed by atoms with Crippen LogP contribution in [-0.4, -0.2) is 17.5 Å². The van der Waals surface area contributed by atoms with Gasteiger partial charge in [-0.3, -0.25) is 4.90 Å². The van der Waals surface area contributed by atoms with E-state index in [1.165, 1.54) is 12.0 Å². The molecular weight excluding hydrogens is 264 g/mol. The van der Waals surface area contributed by atoms with E-state index in [1.807, 2.05) is 6.07 Å². The van der Waals surface area contributed by atoms with E-state index in [-0.39, 0.29) is 0 Å². The van der Waals surface area contributed by atoms with Crippen LogP contribution in [0.25, 0.3) is 0 Å². The second-order valence-electron chi connectivity index (χ2n) is 4.16. The van der Waals surface area contributed by atoms with Crippen molar-refractivity contribution in [3.05, 3.63) is 28.2 Å². The van der Waals surface area contributed by atoms with Gasteiger partial charge in [-0.25, -0.2) is 0 Å². The van der Waals surface area contributed by atoms with Gasteiger partial charge in [-0.15, -0.1) is 0 Å².